The third-order valence-corrected chi connectivity index (χ3v) is 3.57. The Bertz CT molecular complexity index is 638. The zero-order chi connectivity index (χ0) is 15.5. The van der Waals surface area contributed by atoms with Crippen LogP contribution in [0, 0.1) is 5.82 Å². The van der Waals surface area contributed by atoms with Crippen LogP contribution in [0.25, 0.3) is 0 Å². The Labute approximate surface area is 123 Å². The molecule has 3 nitrogen and oxygen atoms in total. The predicted octanol–water partition coefficient (Wildman–Crippen LogP) is 2.82. The molecule has 0 saturated carbocycles. The second-order valence-corrected chi connectivity index (χ2v) is 5.10. The minimum Gasteiger partial charge on any atom is -0.494 e. The summed E-state index contributed by atoms with van der Waals surface area (Å²) in [4.78, 5) is 12.5. The van der Waals surface area contributed by atoms with Crippen LogP contribution >= 0.6 is 0 Å². The van der Waals surface area contributed by atoms with Crippen LogP contribution in [0.4, 0.5) is 4.39 Å². The molecule has 0 spiro atoms. The molecule has 0 aliphatic heterocycles. The Balaban J connectivity index is 2.26. The maximum atomic E-state index is 14.1. The summed E-state index contributed by atoms with van der Waals surface area (Å²) in [6.07, 6.45) is -0.0784. The molecule has 110 valence electrons. The molecule has 0 aromatic heterocycles. The van der Waals surface area contributed by atoms with E-state index in [0.717, 1.165) is 0 Å². The summed E-state index contributed by atoms with van der Waals surface area (Å²) in [6.45, 7) is 1.64. The first-order chi connectivity index (χ1) is 9.96. The highest BCUT2D eigenvalue weighted by atomic mass is 19.1. The van der Waals surface area contributed by atoms with Gasteiger partial charge in [-0.15, -0.1) is 0 Å². The zero-order valence-electron chi connectivity index (χ0n) is 12.1. The SMILES string of the molecule is COc1cccc(CC(=O)C(C)(N)c2ccccc2)c1F. The van der Waals surface area contributed by atoms with Gasteiger partial charge in [0.2, 0.25) is 0 Å². The van der Waals surface area contributed by atoms with Crippen LogP contribution in [0.15, 0.2) is 48.5 Å². The highest BCUT2D eigenvalue weighted by molar-refractivity contribution is 5.90. The van der Waals surface area contributed by atoms with Crippen LogP contribution in [0.5, 0.6) is 5.75 Å². The fourth-order valence-corrected chi connectivity index (χ4v) is 2.15. The molecule has 1 atom stereocenters. The van der Waals surface area contributed by atoms with Crippen LogP contribution in [-0.4, -0.2) is 12.9 Å². The lowest BCUT2D eigenvalue weighted by Gasteiger charge is -2.24. The van der Waals surface area contributed by atoms with Crippen molar-refractivity contribution < 1.29 is 13.9 Å². The Hall–Kier alpha value is -2.20. The monoisotopic (exact) mass is 287 g/mol. The van der Waals surface area contributed by atoms with E-state index in [2.05, 4.69) is 0 Å². The molecule has 0 fully saturated rings. The molecule has 21 heavy (non-hydrogen) atoms. The van der Waals surface area contributed by atoms with Crippen molar-refractivity contribution in [3.63, 3.8) is 0 Å². The molecular formula is C17H18FNO2. The lowest BCUT2D eigenvalue weighted by molar-refractivity contribution is -0.123. The minimum absolute atomic E-state index is 0.0784. The van der Waals surface area contributed by atoms with Gasteiger partial charge in [-0.25, -0.2) is 4.39 Å². The Kier molecular flexibility index (Phi) is 4.38. The number of Topliss-reactive ketones (excluding diaryl/α,β-unsaturated/α-hetero) is 1. The fourth-order valence-electron chi connectivity index (χ4n) is 2.15. The fraction of sp³-hybridized carbons (Fsp3) is 0.235. The summed E-state index contributed by atoms with van der Waals surface area (Å²) in [5, 5.41) is 0. The summed E-state index contributed by atoms with van der Waals surface area (Å²) in [5.41, 5.74) is 5.98. The molecule has 4 heteroatoms. The minimum atomic E-state index is -1.16. The number of benzene rings is 2. The number of carbonyl (C=O) groups excluding carboxylic acids is 1. The number of hydrogen-bond donors (Lipinski definition) is 1. The third kappa shape index (κ3) is 3.11. The average molecular weight is 287 g/mol. The van der Waals surface area contributed by atoms with Crippen LogP contribution in [-0.2, 0) is 16.8 Å². The van der Waals surface area contributed by atoms with E-state index in [1.165, 1.54) is 13.2 Å². The predicted molar refractivity (Wildman–Crippen MR) is 79.6 cm³/mol. The van der Waals surface area contributed by atoms with E-state index in [1.807, 2.05) is 18.2 Å². The molecule has 0 amide bonds. The summed E-state index contributed by atoms with van der Waals surface area (Å²) in [6, 6.07) is 13.8. The Morgan fingerprint density at radius 3 is 2.48 bits per heavy atom. The van der Waals surface area contributed by atoms with Crippen molar-refractivity contribution in [2.45, 2.75) is 18.9 Å². The van der Waals surface area contributed by atoms with Crippen LogP contribution in [0.3, 0.4) is 0 Å². The lowest BCUT2D eigenvalue weighted by Crippen LogP contribution is -2.42. The number of ketones is 1. The highest BCUT2D eigenvalue weighted by Crippen LogP contribution is 2.24. The first-order valence-electron chi connectivity index (χ1n) is 6.66. The average Bonchev–Trinajstić information content (AvgIpc) is 2.50. The molecule has 0 saturated heterocycles. The molecule has 2 rings (SSSR count). The molecule has 2 aromatic rings. The highest BCUT2D eigenvalue weighted by Gasteiger charge is 2.30. The van der Waals surface area contributed by atoms with Crippen LogP contribution in [0.2, 0.25) is 0 Å². The third-order valence-electron chi connectivity index (χ3n) is 3.57. The quantitative estimate of drug-likeness (QED) is 0.920. The van der Waals surface area contributed by atoms with Gasteiger partial charge in [0, 0.05) is 6.42 Å². The van der Waals surface area contributed by atoms with E-state index in [-0.39, 0.29) is 23.5 Å². The molecule has 0 radical (unpaired) electrons. The molecule has 1 unspecified atom stereocenters. The van der Waals surface area contributed by atoms with Crippen molar-refractivity contribution in [3.8, 4) is 5.75 Å². The Morgan fingerprint density at radius 2 is 1.86 bits per heavy atom. The number of halogens is 1. The Morgan fingerprint density at radius 1 is 1.19 bits per heavy atom. The van der Waals surface area contributed by atoms with Gasteiger partial charge in [-0.05, 0) is 24.1 Å². The van der Waals surface area contributed by atoms with Crippen molar-refractivity contribution in [1.29, 1.82) is 0 Å². The van der Waals surface area contributed by atoms with Gasteiger partial charge in [0.25, 0.3) is 0 Å². The van der Waals surface area contributed by atoms with E-state index in [1.54, 1.807) is 31.2 Å². The number of methoxy groups -OCH3 is 1. The topological polar surface area (TPSA) is 52.3 Å². The number of rotatable bonds is 5. The van der Waals surface area contributed by atoms with Gasteiger partial charge in [-0.3, -0.25) is 4.79 Å². The van der Waals surface area contributed by atoms with Gasteiger partial charge in [0.15, 0.2) is 17.3 Å². The van der Waals surface area contributed by atoms with Gasteiger partial charge >= 0.3 is 0 Å². The van der Waals surface area contributed by atoms with Gasteiger partial charge < -0.3 is 10.5 Å². The van der Waals surface area contributed by atoms with Crippen molar-refractivity contribution in [2.75, 3.05) is 7.11 Å². The van der Waals surface area contributed by atoms with Crippen molar-refractivity contribution >= 4 is 5.78 Å². The van der Waals surface area contributed by atoms with Crippen LogP contribution < -0.4 is 10.5 Å². The molecule has 2 aromatic carbocycles. The maximum Gasteiger partial charge on any atom is 0.168 e. The summed E-state index contributed by atoms with van der Waals surface area (Å²) in [5.74, 6) is -0.642. The molecular weight excluding hydrogens is 269 g/mol. The number of ether oxygens (including phenoxy) is 1. The van der Waals surface area contributed by atoms with Gasteiger partial charge in [-0.1, -0.05) is 42.5 Å². The van der Waals surface area contributed by atoms with Crippen molar-refractivity contribution in [1.82, 2.24) is 0 Å². The van der Waals surface area contributed by atoms with E-state index >= 15 is 0 Å². The smallest absolute Gasteiger partial charge is 0.168 e. The number of nitrogens with two attached hydrogens (primary N) is 1. The van der Waals surface area contributed by atoms with E-state index in [9.17, 15) is 9.18 Å². The molecule has 0 aliphatic carbocycles. The first-order valence-corrected chi connectivity index (χ1v) is 6.66. The largest absolute Gasteiger partial charge is 0.494 e. The van der Waals surface area contributed by atoms with Gasteiger partial charge in [0.1, 0.15) is 0 Å². The van der Waals surface area contributed by atoms with Crippen LogP contribution in [0.1, 0.15) is 18.1 Å². The zero-order valence-corrected chi connectivity index (χ0v) is 12.1. The van der Waals surface area contributed by atoms with E-state index < -0.39 is 11.4 Å². The first kappa shape index (κ1) is 15.2. The normalized spacial score (nSPS) is 13.5. The van der Waals surface area contributed by atoms with Crippen molar-refractivity contribution in [3.05, 3.63) is 65.5 Å². The van der Waals surface area contributed by atoms with Crippen molar-refractivity contribution in [2.24, 2.45) is 5.73 Å². The summed E-state index contributed by atoms with van der Waals surface area (Å²) >= 11 is 0. The molecule has 2 N–H and O–H groups in total. The van der Waals surface area contributed by atoms with Gasteiger partial charge in [0.05, 0.1) is 12.6 Å². The maximum absolute atomic E-state index is 14.1. The number of hydrogen-bond acceptors (Lipinski definition) is 3. The van der Waals surface area contributed by atoms with E-state index in [0.29, 0.717) is 5.56 Å². The molecule has 0 aliphatic rings. The molecule has 0 heterocycles. The lowest BCUT2D eigenvalue weighted by atomic mass is 9.85. The molecule has 0 bridgehead atoms. The van der Waals surface area contributed by atoms with E-state index in [4.69, 9.17) is 10.5 Å². The number of carbonyl (C=O) groups is 1. The van der Waals surface area contributed by atoms with Gasteiger partial charge in [-0.2, -0.15) is 0 Å². The standard InChI is InChI=1S/C17H18FNO2/c1-17(19,13-8-4-3-5-9-13)15(20)11-12-7-6-10-14(21-2)16(12)18/h3-10H,11,19H2,1-2H3. The second-order valence-electron chi connectivity index (χ2n) is 5.10. The summed E-state index contributed by atoms with van der Waals surface area (Å²) in [7, 11) is 1.39. The summed E-state index contributed by atoms with van der Waals surface area (Å²) < 4.78 is 19.0. The second kappa shape index (κ2) is 6.06.